The minimum Gasteiger partial charge on any atom is -0.350 e. The molecular weight excluding hydrogens is 330 g/mol. The van der Waals surface area contributed by atoms with E-state index in [-0.39, 0.29) is 5.91 Å². The van der Waals surface area contributed by atoms with Gasteiger partial charge >= 0.3 is 0 Å². The Bertz CT molecular complexity index is 545. The largest absolute Gasteiger partial charge is 0.350 e. The van der Waals surface area contributed by atoms with Gasteiger partial charge in [0.05, 0.1) is 4.47 Å². The number of hydrogen-bond donors (Lipinski definition) is 2. The van der Waals surface area contributed by atoms with Crippen LogP contribution in [0.1, 0.15) is 54.7 Å². The van der Waals surface area contributed by atoms with Crippen molar-refractivity contribution >= 4 is 21.8 Å². The topological polar surface area (TPSA) is 57.8 Å². The van der Waals surface area contributed by atoms with Crippen molar-refractivity contribution in [3.63, 3.8) is 0 Å². The summed E-state index contributed by atoms with van der Waals surface area (Å²) >= 11 is 3.43. The Kier molecular flexibility index (Phi) is 3.18. The minimum absolute atomic E-state index is 0.0537. The van der Waals surface area contributed by atoms with Crippen LogP contribution in [0.4, 0.5) is 0 Å². The molecule has 4 saturated carbocycles. The highest BCUT2D eigenvalue weighted by molar-refractivity contribution is 9.10. The summed E-state index contributed by atoms with van der Waals surface area (Å²) in [5.74, 6) is 2.72. The molecule has 4 bridgehead atoms. The molecule has 0 spiro atoms. The van der Waals surface area contributed by atoms with E-state index in [0.717, 1.165) is 34.5 Å². The Hall–Kier alpha value is -0.840. The number of hydrogen-bond acceptors (Lipinski definition) is 2. The Labute approximate surface area is 133 Å². The van der Waals surface area contributed by atoms with Gasteiger partial charge in [-0.2, -0.15) is 5.10 Å². The van der Waals surface area contributed by atoms with Crippen molar-refractivity contribution in [1.29, 1.82) is 0 Å². The quantitative estimate of drug-likeness (QED) is 0.876. The predicted molar refractivity (Wildman–Crippen MR) is 84.0 cm³/mol. The molecule has 1 amide bonds. The highest BCUT2D eigenvalue weighted by Crippen LogP contribution is 2.59. The zero-order valence-corrected chi connectivity index (χ0v) is 14.0. The van der Waals surface area contributed by atoms with Crippen LogP contribution in [0.15, 0.2) is 4.47 Å². The molecule has 4 fully saturated rings. The third kappa shape index (κ3) is 2.33. The number of nitrogens with one attached hydrogen (secondary N) is 2. The van der Waals surface area contributed by atoms with E-state index in [1.807, 2.05) is 6.92 Å². The Morgan fingerprint density at radius 2 is 1.86 bits per heavy atom. The first-order valence-electron chi connectivity index (χ1n) is 8.03. The summed E-state index contributed by atoms with van der Waals surface area (Å²) in [5, 5.41) is 10.1. The van der Waals surface area contributed by atoms with Crippen LogP contribution in [0.5, 0.6) is 0 Å². The Morgan fingerprint density at radius 1 is 1.29 bits per heavy atom. The molecule has 1 aromatic rings. The summed E-state index contributed by atoms with van der Waals surface area (Å²) in [6.45, 7) is 2.74. The minimum atomic E-state index is -0.0537. The van der Waals surface area contributed by atoms with Crippen molar-refractivity contribution in [2.45, 2.75) is 45.4 Å². The molecule has 0 aliphatic heterocycles. The SMILES string of the molecule is Cc1[nH]nc(C(=O)NCC23CC4CC(CC(C4)C2)C3)c1Br. The van der Waals surface area contributed by atoms with E-state index in [1.54, 1.807) is 0 Å². The molecule has 4 nitrogen and oxygen atoms in total. The fourth-order valence-corrected chi connectivity index (χ4v) is 5.78. The van der Waals surface area contributed by atoms with E-state index in [4.69, 9.17) is 0 Å². The Morgan fingerprint density at radius 3 is 2.33 bits per heavy atom. The molecule has 4 aliphatic carbocycles. The summed E-state index contributed by atoms with van der Waals surface area (Å²) < 4.78 is 0.783. The lowest BCUT2D eigenvalue weighted by molar-refractivity contribution is -0.0503. The summed E-state index contributed by atoms with van der Waals surface area (Å²) in [5.41, 5.74) is 1.76. The van der Waals surface area contributed by atoms with Gasteiger partial charge in [0, 0.05) is 12.2 Å². The van der Waals surface area contributed by atoms with Crippen molar-refractivity contribution in [3.8, 4) is 0 Å². The fourth-order valence-electron chi connectivity index (χ4n) is 5.42. The summed E-state index contributed by atoms with van der Waals surface area (Å²) in [6, 6.07) is 0. The maximum atomic E-state index is 12.3. The molecule has 1 aromatic heterocycles. The van der Waals surface area contributed by atoms with Crippen LogP contribution in [-0.2, 0) is 0 Å². The molecular formula is C16H22BrN3O. The molecule has 21 heavy (non-hydrogen) atoms. The Balaban J connectivity index is 1.45. The number of carbonyl (C=O) groups is 1. The molecule has 0 aromatic carbocycles. The van der Waals surface area contributed by atoms with Crippen molar-refractivity contribution in [2.24, 2.45) is 23.2 Å². The van der Waals surface area contributed by atoms with Crippen LogP contribution >= 0.6 is 15.9 Å². The first kappa shape index (κ1) is 13.8. The monoisotopic (exact) mass is 351 g/mol. The maximum Gasteiger partial charge on any atom is 0.272 e. The third-order valence-electron chi connectivity index (χ3n) is 5.88. The maximum absolute atomic E-state index is 12.3. The second kappa shape index (κ2) is 4.83. The van der Waals surface area contributed by atoms with Crippen LogP contribution in [0, 0.1) is 30.1 Å². The number of nitrogens with zero attached hydrogens (tertiary/aromatic N) is 1. The number of H-pyrrole nitrogens is 1. The van der Waals surface area contributed by atoms with E-state index < -0.39 is 0 Å². The van der Waals surface area contributed by atoms with Gasteiger partial charge in [0.1, 0.15) is 0 Å². The second-order valence-electron chi connectivity index (χ2n) is 7.61. The molecule has 0 atom stereocenters. The van der Waals surface area contributed by atoms with Gasteiger partial charge in [-0.15, -0.1) is 0 Å². The number of aromatic nitrogens is 2. The predicted octanol–water partition coefficient (Wildman–Crippen LogP) is 3.43. The number of halogens is 1. The third-order valence-corrected chi connectivity index (χ3v) is 6.85. The highest BCUT2D eigenvalue weighted by Gasteiger charge is 2.50. The molecule has 2 N–H and O–H groups in total. The number of aromatic amines is 1. The summed E-state index contributed by atoms with van der Waals surface area (Å²) in [6.07, 6.45) is 8.28. The molecule has 0 saturated heterocycles. The second-order valence-corrected chi connectivity index (χ2v) is 8.40. The average Bonchev–Trinajstić information content (AvgIpc) is 2.75. The smallest absolute Gasteiger partial charge is 0.272 e. The van der Waals surface area contributed by atoms with Gasteiger partial charge in [-0.1, -0.05) is 0 Å². The summed E-state index contributed by atoms with van der Waals surface area (Å²) in [7, 11) is 0. The fraction of sp³-hybridized carbons (Fsp3) is 0.750. The normalized spacial score (nSPS) is 37.0. The first-order chi connectivity index (χ1) is 10.0. The van der Waals surface area contributed by atoms with Gasteiger partial charge in [-0.25, -0.2) is 0 Å². The van der Waals surface area contributed by atoms with E-state index in [2.05, 4.69) is 31.4 Å². The average molecular weight is 352 g/mol. The number of carbonyl (C=O) groups excluding carboxylic acids is 1. The lowest BCUT2D eigenvalue weighted by atomic mass is 9.49. The lowest BCUT2D eigenvalue weighted by Gasteiger charge is -2.56. The van der Waals surface area contributed by atoms with Crippen molar-refractivity contribution in [2.75, 3.05) is 6.54 Å². The van der Waals surface area contributed by atoms with E-state index in [9.17, 15) is 4.79 Å². The van der Waals surface area contributed by atoms with Gasteiger partial charge in [0.15, 0.2) is 5.69 Å². The molecule has 4 aliphatic rings. The van der Waals surface area contributed by atoms with E-state index in [1.165, 1.54) is 38.5 Å². The van der Waals surface area contributed by atoms with Crippen molar-refractivity contribution in [3.05, 3.63) is 15.9 Å². The molecule has 114 valence electrons. The standard InChI is InChI=1S/C16H22BrN3O/c1-9-13(17)14(20-19-9)15(21)18-8-16-5-10-2-11(6-16)4-12(3-10)7-16/h10-12H,2-8H2,1H3,(H,18,21)(H,19,20). The van der Waals surface area contributed by atoms with Gasteiger partial charge in [-0.3, -0.25) is 9.89 Å². The highest BCUT2D eigenvalue weighted by atomic mass is 79.9. The van der Waals surface area contributed by atoms with Crippen molar-refractivity contribution in [1.82, 2.24) is 15.5 Å². The van der Waals surface area contributed by atoms with Crippen LogP contribution < -0.4 is 5.32 Å². The first-order valence-corrected chi connectivity index (χ1v) is 8.83. The van der Waals surface area contributed by atoms with Gasteiger partial charge in [0.25, 0.3) is 5.91 Å². The number of aryl methyl sites for hydroxylation is 1. The van der Waals surface area contributed by atoms with Crippen molar-refractivity contribution < 1.29 is 4.79 Å². The molecule has 5 rings (SSSR count). The van der Waals surface area contributed by atoms with Gasteiger partial charge < -0.3 is 5.32 Å². The number of amides is 1. The van der Waals surface area contributed by atoms with Gasteiger partial charge in [0.2, 0.25) is 0 Å². The molecule has 0 unspecified atom stereocenters. The van der Waals surface area contributed by atoms with Crippen LogP contribution in [0.3, 0.4) is 0 Å². The van der Waals surface area contributed by atoms with E-state index in [0.29, 0.717) is 11.1 Å². The molecule has 0 radical (unpaired) electrons. The lowest BCUT2D eigenvalue weighted by Crippen LogP contribution is -2.51. The van der Waals surface area contributed by atoms with Gasteiger partial charge in [-0.05, 0) is 84.5 Å². The van der Waals surface area contributed by atoms with Crippen LogP contribution in [0.2, 0.25) is 0 Å². The summed E-state index contributed by atoms with van der Waals surface area (Å²) in [4.78, 5) is 12.3. The zero-order valence-electron chi connectivity index (χ0n) is 12.4. The molecule has 1 heterocycles. The number of rotatable bonds is 3. The van der Waals surface area contributed by atoms with E-state index >= 15 is 0 Å². The molecule has 5 heteroatoms. The zero-order chi connectivity index (χ0) is 14.6. The van der Waals surface area contributed by atoms with Crippen LogP contribution in [0.25, 0.3) is 0 Å². The van der Waals surface area contributed by atoms with Crippen LogP contribution in [-0.4, -0.2) is 22.6 Å².